The lowest BCUT2D eigenvalue weighted by Gasteiger charge is -2.14. The fourth-order valence-electron chi connectivity index (χ4n) is 1.44. The van der Waals surface area contributed by atoms with Crippen LogP contribution in [0.4, 0.5) is 4.39 Å². The first-order valence-corrected chi connectivity index (χ1v) is 6.42. The van der Waals surface area contributed by atoms with Gasteiger partial charge in [0.25, 0.3) is 0 Å². The lowest BCUT2D eigenvalue weighted by Crippen LogP contribution is -2.33. The van der Waals surface area contributed by atoms with Gasteiger partial charge in [-0.3, -0.25) is 0 Å². The monoisotopic (exact) mass is 272 g/mol. The molecule has 0 aliphatic heterocycles. The van der Waals surface area contributed by atoms with Crippen LogP contribution in [0.5, 0.6) is 0 Å². The number of benzene rings is 1. The second-order valence-electron chi connectivity index (χ2n) is 3.55. The fraction of sp³-hybridized carbons (Fsp3) is 0.538. The highest BCUT2D eigenvalue weighted by Gasteiger charge is 2.17. The Kier molecular flexibility index (Phi) is 9.42. The second-order valence-corrected chi connectivity index (χ2v) is 3.55. The summed E-state index contributed by atoms with van der Waals surface area (Å²) in [7, 11) is -1.64. The standard InChI is InChI=1S/C11H16BFO4.C2H6/c1-3-16-8(2)17-7-9-6-10(13)4-5-11(9)12(14)15;1-2/h4-6,8,14-15H,3,7H2,1-2H3;1-2H3. The molecule has 6 heteroatoms. The maximum Gasteiger partial charge on any atom is 0.488 e. The first kappa shape index (κ1) is 18.1. The third kappa shape index (κ3) is 6.68. The van der Waals surface area contributed by atoms with Crippen molar-refractivity contribution >= 4 is 12.6 Å². The van der Waals surface area contributed by atoms with Crippen molar-refractivity contribution in [3.63, 3.8) is 0 Å². The topological polar surface area (TPSA) is 58.9 Å². The lowest BCUT2D eigenvalue weighted by molar-refractivity contribution is -0.134. The maximum absolute atomic E-state index is 13.0. The molecule has 0 spiro atoms. The van der Waals surface area contributed by atoms with E-state index in [1.165, 1.54) is 18.2 Å². The zero-order valence-corrected chi connectivity index (χ0v) is 11.9. The van der Waals surface area contributed by atoms with Gasteiger partial charge < -0.3 is 19.5 Å². The minimum atomic E-state index is -1.64. The summed E-state index contributed by atoms with van der Waals surface area (Å²) in [5.74, 6) is -0.447. The van der Waals surface area contributed by atoms with Crippen LogP contribution in [-0.4, -0.2) is 30.1 Å². The van der Waals surface area contributed by atoms with Gasteiger partial charge in [0.15, 0.2) is 6.29 Å². The molecule has 19 heavy (non-hydrogen) atoms. The predicted octanol–water partition coefficient (Wildman–Crippen LogP) is 1.43. The summed E-state index contributed by atoms with van der Waals surface area (Å²) in [6.45, 7) is 8.13. The van der Waals surface area contributed by atoms with Crippen LogP contribution in [0.1, 0.15) is 33.3 Å². The van der Waals surface area contributed by atoms with Gasteiger partial charge in [0.1, 0.15) is 5.82 Å². The molecule has 0 radical (unpaired) electrons. The molecule has 0 bridgehead atoms. The summed E-state index contributed by atoms with van der Waals surface area (Å²) in [5, 5.41) is 18.2. The molecule has 0 aromatic heterocycles. The number of rotatable bonds is 6. The number of hydrogen-bond acceptors (Lipinski definition) is 4. The normalized spacial score (nSPS) is 11.5. The van der Waals surface area contributed by atoms with Gasteiger partial charge in [-0.25, -0.2) is 4.39 Å². The molecule has 0 aliphatic rings. The van der Waals surface area contributed by atoms with Gasteiger partial charge in [-0.15, -0.1) is 0 Å². The molecular formula is C13H22BFO4. The highest BCUT2D eigenvalue weighted by atomic mass is 19.1. The van der Waals surface area contributed by atoms with Gasteiger partial charge in [-0.05, 0) is 37.0 Å². The van der Waals surface area contributed by atoms with Crippen molar-refractivity contribution in [2.75, 3.05) is 6.61 Å². The molecule has 0 fully saturated rings. The van der Waals surface area contributed by atoms with E-state index in [1.807, 2.05) is 20.8 Å². The highest BCUT2D eigenvalue weighted by Crippen LogP contribution is 2.06. The van der Waals surface area contributed by atoms with Gasteiger partial charge >= 0.3 is 7.12 Å². The Bertz CT molecular complexity index is 360. The Balaban J connectivity index is 0.00000154. The summed E-state index contributed by atoms with van der Waals surface area (Å²) >= 11 is 0. The van der Waals surface area contributed by atoms with Crippen LogP contribution in [0.2, 0.25) is 0 Å². The van der Waals surface area contributed by atoms with Crippen LogP contribution in [0.25, 0.3) is 0 Å². The molecule has 4 nitrogen and oxygen atoms in total. The smallest absolute Gasteiger partial charge is 0.423 e. The molecule has 0 aliphatic carbocycles. The number of halogens is 1. The van der Waals surface area contributed by atoms with Crippen molar-refractivity contribution in [1.29, 1.82) is 0 Å². The molecule has 1 atom stereocenters. The van der Waals surface area contributed by atoms with E-state index < -0.39 is 19.2 Å². The first-order valence-electron chi connectivity index (χ1n) is 6.42. The van der Waals surface area contributed by atoms with Crippen LogP contribution < -0.4 is 5.46 Å². The summed E-state index contributed by atoms with van der Waals surface area (Å²) in [6.07, 6.45) is -0.424. The number of ether oxygens (including phenoxy) is 2. The van der Waals surface area contributed by atoms with Crippen LogP contribution >= 0.6 is 0 Å². The molecular weight excluding hydrogens is 250 g/mol. The van der Waals surface area contributed by atoms with E-state index in [1.54, 1.807) is 6.92 Å². The molecule has 0 heterocycles. The summed E-state index contributed by atoms with van der Waals surface area (Å²) in [6, 6.07) is 3.71. The van der Waals surface area contributed by atoms with E-state index >= 15 is 0 Å². The quantitative estimate of drug-likeness (QED) is 0.607. The Hall–Kier alpha value is -0.945. The average Bonchev–Trinajstić information content (AvgIpc) is 2.39. The maximum atomic E-state index is 13.0. The highest BCUT2D eigenvalue weighted by molar-refractivity contribution is 6.59. The van der Waals surface area contributed by atoms with Crippen molar-refractivity contribution in [3.05, 3.63) is 29.6 Å². The molecule has 108 valence electrons. The van der Waals surface area contributed by atoms with Gasteiger partial charge in [0.05, 0.1) is 6.61 Å². The second kappa shape index (κ2) is 9.92. The molecule has 2 N–H and O–H groups in total. The van der Waals surface area contributed by atoms with Crippen LogP contribution in [0, 0.1) is 5.82 Å². The third-order valence-corrected chi connectivity index (χ3v) is 2.26. The Morgan fingerprint density at radius 1 is 1.26 bits per heavy atom. The van der Waals surface area contributed by atoms with E-state index in [0.29, 0.717) is 12.2 Å². The molecule has 1 rings (SSSR count). The van der Waals surface area contributed by atoms with E-state index in [9.17, 15) is 4.39 Å². The van der Waals surface area contributed by atoms with Crippen LogP contribution in [0.15, 0.2) is 18.2 Å². The van der Waals surface area contributed by atoms with Gasteiger partial charge in [-0.1, -0.05) is 19.9 Å². The van der Waals surface area contributed by atoms with Crippen molar-refractivity contribution in [2.24, 2.45) is 0 Å². The largest absolute Gasteiger partial charge is 0.488 e. The van der Waals surface area contributed by atoms with Crippen LogP contribution in [-0.2, 0) is 16.1 Å². The van der Waals surface area contributed by atoms with Gasteiger partial charge in [-0.2, -0.15) is 0 Å². The zero-order chi connectivity index (χ0) is 14.8. The van der Waals surface area contributed by atoms with E-state index in [0.717, 1.165) is 0 Å². The summed E-state index contributed by atoms with van der Waals surface area (Å²) in [4.78, 5) is 0. The minimum Gasteiger partial charge on any atom is -0.423 e. The van der Waals surface area contributed by atoms with E-state index in [-0.39, 0.29) is 12.1 Å². The lowest BCUT2D eigenvalue weighted by atomic mass is 9.77. The molecule has 0 saturated heterocycles. The molecule has 0 saturated carbocycles. The van der Waals surface area contributed by atoms with Crippen molar-refractivity contribution < 1.29 is 23.9 Å². The fourth-order valence-corrected chi connectivity index (χ4v) is 1.44. The van der Waals surface area contributed by atoms with Crippen molar-refractivity contribution in [1.82, 2.24) is 0 Å². The number of hydrogen-bond donors (Lipinski definition) is 2. The average molecular weight is 272 g/mol. The summed E-state index contributed by atoms with van der Waals surface area (Å²) in [5.41, 5.74) is 0.627. The minimum absolute atomic E-state index is 0.0614. The Morgan fingerprint density at radius 3 is 2.42 bits per heavy atom. The van der Waals surface area contributed by atoms with Gasteiger partial charge in [0.2, 0.25) is 0 Å². The Labute approximate surface area is 114 Å². The SMILES string of the molecule is CC.CCOC(C)OCc1cc(F)ccc1B(O)O. The molecule has 1 aromatic rings. The third-order valence-electron chi connectivity index (χ3n) is 2.26. The first-order chi connectivity index (χ1) is 9.04. The van der Waals surface area contributed by atoms with Crippen molar-refractivity contribution in [2.45, 2.75) is 40.6 Å². The van der Waals surface area contributed by atoms with Crippen molar-refractivity contribution in [3.8, 4) is 0 Å². The molecule has 1 aromatic carbocycles. The predicted molar refractivity (Wildman–Crippen MR) is 73.5 cm³/mol. The van der Waals surface area contributed by atoms with Gasteiger partial charge in [0, 0.05) is 6.61 Å². The van der Waals surface area contributed by atoms with Crippen LogP contribution in [0.3, 0.4) is 0 Å². The Morgan fingerprint density at radius 2 is 1.89 bits per heavy atom. The zero-order valence-electron chi connectivity index (χ0n) is 11.9. The molecule has 1 unspecified atom stereocenters. The molecule has 0 amide bonds. The van der Waals surface area contributed by atoms with E-state index in [2.05, 4.69) is 0 Å². The van der Waals surface area contributed by atoms with E-state index in [4.69, 9.17) is 19.5 Å². The summed E-state index contributed by atoms with van der Waals surface area (Å²) < 4.78 is 23.5.